The maximum atomic E-state index is 9.95. The van der Waals surface area contributed by atoms with Crippen molar-refractivity contribution in [3.05, 3.63) is 0 Å². The molecule has 0 aromatic carbocycles. The molecule has 1 heterocycles. The molecule has 4 nitrogen and oxygen atoms in total. The SMILES string of the molecule is CCOCC(O)CN(CC1CCCNC1)C(C)C. The van der Waals surface area contributed by atoms with Crippen LogP contribution in [-0.2, 0) is 4.74 Å². The normalized spacial score (nSPS) is 22.7. The molecule has 1 rings (SSSR count). The van der Waals surface area contributed by atoms with E-state index < -0.39 is 0 Å². The molecule has 1 saturated heterocycles. The molecule has 2 atom stereocenters. The highest BCUT2D eigenvalue weighted by Gasteiger charge is 2.20. The molecular formula is C14H30N2O2. The van der Waals surface area contributed by atoms with E-state index in [0.29, 0.717) is 25.8 Å². The number of piperidine rings is 1. The first-order valence-corrected chi connectivity index (χ1v) is 7.34. The summed E-state index contributed by atoms with van der Waals surface area (Å²) >= 11 is 0. The number of ether oxygens (including phenoxy) is 1. The van der Waals surface area contributed by atoms with E-state index in [9.17, 15) is 5.11 Å². The molecular weight excluding hydrogens is 228 g/mol. The van der Waals surface area contributed by atoms with E-state index in [-0.39, 0.29) is 6.10 Å². The second kappa shape index (κ2) is 8.86. The zero-order chi connectivity index (χ0) is 13.4. The molecule has 4 heteroatoms. The molecule has 108 valence electrons. The van der Waals surface area contributed by atoms with Crippen LogP contribution >= 0.6 is 0 Å². The standard InChI is InChI=1S/C14H30N2O2/c1-4-18-11-14(17)10-16(12(2)3)9-13-6-5-7-15-8-13/h12-15,17H,4-11H2,1-3H3. The quantitative estimate of drug-likeness (QED) is 0.684. The number of nitrogens with zero attached hydrogens (tertiary/aromatic N) is 1. The second-order valence-corrected chi connectivity index (χ2v) is 5.57. The first kappa shape index (κ1) is 15.9. The molecule has 0 radical (unpaired) electrons. The summed E-state index contributed by atoms with van der Waals surface area (Å²) in [6.45, 7) is 11.5. The van der Waals surface area contributed by atoms with E-state index in [1.807, 2.05) is 6.92 Å². The van der Waals surface area contributed by atoms with Crippen molar-refractivity contribution in [3.63, 3.8) is 0 Å². The van der Waals surface area contributed by atoms with Crippen molar-refractivity contribution in [3.8, 4) is 0 Å². The van der Waals surface area contributed by atoms with Crippen LogP contribution in [0.3, 0.4) is 0 Å². The summed E-state index contributed by atoms with van der Waals surface area (Å²) in [5, 5.41) is 13.4. The average Bonchev–Trinajstić information content (AvgIpc) is 2.36. The monoisotopic (exact) mass is 258 g/mol. The predicted molar refractivity (Wildman–Crippen MR) is 74.8 cm³/mol. The minimum Gasteiger partial charge on any atom is -0.389 e. The molecule has 0 spiro atoms. The van der Waals surface area contributed by atoms with E-state index in [1.54, 1.807) is 0 Å². The zero-order valence-electron chi connectivity index (χ0n) is 12.2. The Morgan fingerprint density at radius 1 is 1.44 bits per heavy atom. The highest BCUT2D eigenvalue weighted by molar-refractivity contribution is 4.76. The number of nitrogens with one attached hydrogen (secondary N) is 1. The maximum absolute atomic E-state index is 9.95. The Balaban J connectivity index is 2.33. The fourth-order valence-electron chi connectivity index (χ4n) is 2.48. The molecule has 0 aromatic heterocycles. The average molecular weight is 258 g/mol. The van der Waals surface area contributed by atoms with Gasteiger partial charge >= 0.3 is 0 Å². The van der Waals surface area contributed by atoms with Crippen LogP contribution in [0.2, 0.25) is 0 Å². The first-order chi connectivity index (χ1) is 8.63. The number of hydrogen-bond donors (Lipinski definition) is 2. The molecule has 2 unspecified atom stereocenters. The van der Waals surface area contributed by atoms with Crippen molar-refractivity contribution < 1.29 is 9.84 Å². The van der Waals surface area contributed by atoms with E-state index in [4.69, 9.17) is 4.74 Å². The third-order valence-corrected chi connectivity index (χ3v) is 3.58. The van der Waals surface area contributed by atoms with E-state index in [0.717, 1.165) is 25.6 Å². The van der Waals surface area contributed by atoms with Crippen LogP contribution in [0.15, 0.2) is 0 Å². The molecule has 0 saturated carbocycles. The lowest BCUT2D eigenvalue weighted by Crippen LogP contribution is -2.45. The lowest BCUT2D eigenvalue weighted by Gasteiger charge is -2.34. The van der Waals surface area contributed by atoms with Gasteiger partial charge in [-0.2, -0.15) is 0 Å². The molecule has 0 aliphatic carbocycles. The Hall–Kier alpha value is -0.160. The van der Waals surface area contributed by atoms with Crippen molar-refractivity contribution in [1.29, 1.82) is 0 Å². The summed E-state index contributed by atoms with van der Waals surface area (Å²) in [5.74, 6) is 0.723. The van der Waals surface area contributed by atoms with Crippen molar-refractivity contribution in [2.24, 2.45) is 5.92 Å². The van der Waals surface area contributed by atoms with Gasteiger partial charge in [0.15, 0.2) is 0 Å². The van der Waals surface area contributed by atoms with Gasteiger partial charge in [-0.05, 0) is 52.6 Å². The largest absolute Gasteiger partial charge is 0.389 e. The number of aliphatic hydroxyl groups is 1. The van der Waals surface area contributed by atoms with Crippen LogP contribution in [0, 0.1) is 5.92 Å². The van der Waals surface area contributed by atoms with Gasteiger partial charge in [0.1, 0.15) is 0 Å². The van der Waals surface area contributed by atoms with Crippen LogP contribution in [0.1, 0.15) is 33.6 Å². The third-order valence-electron chi connectivity index (χ3n) is 3.58. The fourth-order valence-corrected chi connectivity index (χ4v) is 2.48. The Morgan fingerprint density at radius 3 is 2.78 bits per heavy atom. The summed E-state index contributed by atoms with van der Waals surface area (Å²) in [6, 6.07) is 0.475. The highest BCUT2D eigenvalue weighted by atomic mass is 16.5. The molecule has 2 N–H and O–H groups in total. The van der Waals surface area contributed by atoms with Gasteiger partial charge in [0.25, 0.3) is 0 Å². The van der Waals surface area contributed by atoms with Gasteiger partial charge in [-0.1, -0.05) is 0 Å². The molecule has 1 aliphatic heterocycles. The molecule has 0 aromatic rings. The summed E-state index contributed by atoms with van der Waals surface area (Å²) in [4.78, 5) is 2.38. The Morgan fingerprint density at radius 2 is 2.22 bits per heavy atom. The molecule has 1 aliphatic rings. The van der Waals surface area contributed by atoms with Gasteiger partial charge in [-0.25, -0.2) is 0 Å². The Labute approximate surface area is 112 Å². The lowest BCUT2D eigenvalue weighted by molar-refractivity contribution is 0.0109. The Bertz CT molecular complexity index is 206. The van der Waals surface area contributed by atoms with Crippen LogP contribution in [-0.4, -0.2) is 61.5 Å². The van der Waals surface area contributed by atoms with Crippen LogP contribution in [0.25, 0.3) is 0 Å². The summed E-state index contributed by atoms with van der Waals surface area (Å²) in [6.07, 6.45) is 2.21. The highest BCUT2D eigenvalue weighted by Crippen LogP contribution is 2.14. The van der Waals surface area contributed by atoms with Crippen LogP contribution < -0.4 is 5.32 Å². The molecule has 0 bridgehead atoms. The van der Waals surface area contributed by atoms with Crippen molar-refractivity contribution >= 4 is 0 Å². The molecule has 0 amide bonds. The van der Waals surface area contributed by atoms with Gasteiger partial charge in [0, 0.05) is 25.7 Å². The second-order valence-electron chi connectivity index (χ2n) is 5.57. The maximum Gasteiger partial charge on any atom is 0.0900 e. The third kappa shape index (κ3) is 6.14. The van der Waals surface area contributed by atoms with Crippen LogP contribution in [0.4, 0.5) is 0 Å². The smallest absolute Gasteiger partial charge is 0.0900 e. The van der Waals surface area contributed by atoms with Gasteiger partial charge in [0.05, 0.1) is 12.7 Å². The summed E-state index contributed by atoms with van der Waals surface area (Å²) < 4.78 is 5.28. The molecule has 18 heavy (non-hydrogen) atoms. The fraction of sp³-hybridized carbons (Fsp3) is 1.00. The van der Waals surface area contributed by atoms with Crippen molar-refractivity contribution in [2.45, 2.75) is 45.8 Å². The number of hydrogen-bond acceptors (Lipinski definition) is 4. The lowest BCUT2D eigenvalue weighted by atomic mass is 9.98. The van der Waals surface area contributed by atoms with E-state index in [2.05, 4.69) is 24.1 Å². The zero-order valence-corrected chi connectivity index (χ0v) is 12.2. The van der Waals surface area contributed by atoms with E-state index >= 15 is 0 Å². The predicted octanol–water partition coefficient (Wildman–Crippen LogP) is 1.09. The Kier molecular flexibility index (Phi) is 7.82. The number of rotatable bonds is 8. The van der Waals surface area contributed by atoms with E-state index in [1.165, 1.54) is 12.8 Å². The molecule has 1 fully saturated rings. The first-order valence-electron chi connectivity index (χ1n) is 7.34. The van der Waals surface area contributed by atoms with Crippen molar-refractivity contribution in [1.82, 2.24) is 10.2 Å². The van der Waals surface area contributed by atoms with Crippen LogP contribution in [0.5, 0.6) is 0 Å². The van der Waals surface area contributed by atoms with Gasteiger partial charge in [0.2, 0.25) is 0 Å². The van der Waals surface area contributed by atoms with Crippen molar-refractivity contribution in [2.75, 3.05) is 39.4 Å². The number of aliphatic hydroxyl groups excluding tert-OH is 1. The van der Waals surface area contributed by atoms with Gasteiger partial charge in [-0.15, -0.1) is 0 Å². The minimum absolute atomic E-state index is 0.371. The van der Waals surface area contributed by atoms with Gasteiger partial charge < -0.3 is 15.2 Å². The summed E-state index contributed by atoms with van der Waals surface area (Å²) in [5.41, 5.74) is 0. The van der Waals surface area contributed by atoms with Gasteiger partial charge in [-0.3, -0.25) is 4.90 Å². The topological polar surface area (TPSA) is 44.7 Å². The summed E-state index contributed by atoms with van der Waals surface area (Å²) in [7, 11) is 0. The minimum atomic E-state index is -0.371.